The first kappa shape index (κ1) is 15.0. The topological polar surface area (TPSA) is 61.4 Å². The van der Waals surface area contributed by atoms with Crippen molar-refractivity contribution in [2.45, 2.75) is 13.0 Å². The summed E-state index contributed by atoms with van der Waals surface area (Å²) in [7, 11) is 0. The van der Waals surface area contributed by atoms with Gasteiger partial charge in [0.1, 0.15) is 0 Å². The third-order valence-electron chi connectivity index (χ3n) is 3.34. The number of carbonyl (C=O) groups excluding carboxylic acids is 2. The molecule has 1 aliphatic rings. The van der Waals surface area contributed by atoms with E-state index in [2.05, 4.69) is 22.5 Å². The normalized spacial score (nSPS) is 19.6. The minimum Gasteiger partial charge on any atom is -0.314 e. The van der Waals surface area contributed by atoms with Gasteiger partial charge in [-0.2, -0.15) is 0 Å². The predicted molar refractivity (Wildman–Crippen MR) is 77.8 cm³/mol. The number of halogens is 1. The first-order chi connectivity index (χ1) is 9.56. The van der Waals surface area contributed by atoms with E-state index in [1.54, 1.807) is 24.3 Å². The number of amides is 2. The van der Waals surface area contributed by atoms with E-state index >= 15 is 0 Å². The van der Waals surface area contributed by atoms with Crippen molar-refractivity contribution < 1.29 is 9.59 Å². The lowest BCUT2D eigenvalue weighted by Crippen LogP contribution is -2.53. The molecule has 2 N–H and O–H groups in total. The van der Waals surface area contributed by atoms with Gasteiger partial charge in [0.15, 0.2) is 0 Å². The molecule has 5 nitrogen and oxygen atoms in total. The van der Waals surface area contributed by atoms with Gasteiger partial charge in [0, 0.05) is 36.3 Å². The second-order valence-corrected chi connectivity index (χ2v) is 5.34. The largest absolute Gasteiger partial charge is 0.314 e. The van der Waals surface area contributed by atoms with Gasteiger partial charge in [-0.1, -0.05) is 11.6 Å². The Kier molecular flexibility index (Phi) is 5.11. The summed E-state index contributed by atoms with van der Waals surface area (Å²) in [6.45, 7) is 4.83. The fraction of sp³-hybridized carbons (Fsp3) is 0.429. The molecule has 1 heterocycles. The van der Waals surface area contributed by atoms with Crippen LogP contribution in [0.5, 0.6) is 0 Å². The first-order valence-electron chi connectivity index (χ1n) is 6.61. The van der Waals surface area contributed by atoms with Crippen LogP contribution in [0, 0.1) is 0 Å². The number of rotatable bonds is 3. The Balaban J connectivity index is 1.87. The summed E-state index contributed by atoms with van der Waals surface area (Å²) in [5, 5.41) is 6.22. The van der Waals surface area contributed by atoms with E-state index in [0.29, 0.717) is 16.6 Å². The first-order valence-corrected chi connectivity index (χ1v) is 6.98. The molecule has 1 atom stereocenters. The maximum atomic E-state index is 11.9. The Bertz CT molecular complexity index is 490. The van der Waals surface area contributed by atoms with Gasteiger partial charge in [0.05, 0.1) is 6.54 Å². The minimum atomic E-state index is -0.394. The summed E-state index contributed by atoms with van der Waals surface area (Å²) in [5.41, 5.74) is 0.427. The van der Waals surface area contributed by atoms with E-state index in [1.807, 2.05) is 0 Å². The van der Waals surface area contributed by atoms with E-state index < -0.39 is 5.91 Å². The van der Waals surface area contributed by atoms with Crippen LogP contribution in [0.3, 0.4) is 0 Å². The molecular weight excluding hydrogens is 278 g/mol. The summed E-state index contributed by atoms with van der Waals surface area (Å²) < 4.78 is 0. The van der Waals surface area contributed by atoms with Crippen LogP contribution < -0.4 is 10.6 Å². The van der Waals surface area contributed by atoms with Crippen molar-refractivity contribution in [3.05, 3.63) is 34.9 Å². The summed E-state index contributed by atoms with van der Waals surface area (Å²) in [5.74, 6) is -0.673. The molecule has 1 aromatic rings. The van der Waals surface area contributed by atoms with Crippen LogP contribution in [0.4, 0.5) is 0 Å². The molecule has 0 aromatic heterocycles. The molecule has 2 amide bonds. The Morgan fingerprint density at radius 3 is 2.75 bits per heavy atom. The van der Waals surface area contributed by atoms with Crippen molar-refractivity contribution in [3.63, 3.8) is 0 Å². The maximum Gasteiger partial charge on any atom is 0.257 e. The Labute approximate surface area is 123 Å². The highest BCUT2D eigenvalue weighted by Crippen LogP contribution is 2.09. The molecule has 0 radical (unpaired) electrons. The van der Waals surface area contributed by atoms with E-state index in [9.17, 15) is 9.59 Å². The van der Waals surface area contributed by atoms with Crippen LogP contribution in [0.15, 0.2) is 24.3 Å². The summed E-state index contributed by atoms with van der Waals surface area (Å²) in [6, 6.07) is 6.73. The number of hydrogen-bond donors (Lipinski definition) is 2. The molecule has 6 heteroatoms. The molecule has 1 aliphatic heterocycles. The third kappa shape index (κ3) is 4.03. The van der Waals surface area contributed by atoms with Crippen molar-refractivity contribution in [2.75, 3.05) is 26.2 Å². The molecule has 1 aromatic carbocycles. The van der Waals surface area contributed by atoms with Gasteiger partial charge in [-0.15, -0.1) is 0 Å². The second-order valence-electron chi connectivity index (χ2n) is 4.91. The number of imide groups is 1. The molecule has 1 fully saturated rings. The number of benzene rings is 1. The van der Waals surface area contributed by atoms with E-state index in [0.717, 1.165) is 19.6 Å². The lowest BCUT2D eigenvalue weighted by Gasteiger charge is -2.33. The van der Waals surface area contributed by atoms with E-state index in [4.69, 9.17) is 11.6 Å². The lowest BCUT2D eigenvalue weighted by molar-refractivity contribution is -0.121. The zero-order valence-corrected chi connectivity index (χ0v) is 12.1. The van der Waals surface area contributed by atoms with Crippen molar-refractivity contribution in [3.8, 4) is 0 Å². The Morgan fingerprint density at radius 1 is 1.40 bits per heavy atom. The van der Waals surface area contributed by atoms with Crippen LogP contribution in [0.2, 0.25) is 5.02 Å². The highest BCUT2D eigenvalue weighted by molar-refractivity contribution is 6.30. The number of nitrogens with one attached hydrogen (secondary N) is 2. The fourth-order valence-electron chi connectivity index (χ4n) is 2.14. The summed E-state index contributed by atoms with van der Waals surface area (Å²) in [4.78, 5) is 25.8. The molecule has 108 valence electrons. The Morgan fingerprint density at radius 2 is 2.10 bits per heavy atom. The molecule has 1 unspecified atom stereocenters. The monoisotopic (exact) mass is 295 g/mol. The van der Waals surface area contributed by atoms with Gasteiger partial charge in [-0.05, 0) is 31.2 Å². The molecular formula is C14H18ClN3O2. The average molecular weight is 296 g/mol. The van der Waals surface area contributed by atoms with Gasteiger partial charge in [0.2, 0.25) is 5.91 Å². The van der Waals surface area contributed by atoms with Crippen molar-refractivity contribution in [2.24, 2.45) is 0 Å². The van der Waals surface area contributed by atoms with Crippen LogP contribution >= 0.6 is 11.6 Å². The third-order valence-corrected chi connectivity index (χ3v) is 3.60. The standard InChI is InChI=1S/C14H18ClN3O2/c1-10-8-16-6-7-18(10)9-13(19)17-14(20)11-2-4-12(15)5-3-11/h2-5,10,16H,6-9H2,1H3,(H,17,19,20). The van der Waals surface area contributed by atoms with Gasteiger partial charge < -0.3 is 5.32 Å². The summed E-state index contributed by atoms with van der Waals surface area (Å²) in [6.07, 6.45) is 0. The molecule has 0 saturated carbocycles. The van der Waals surface area contributed by atoms with Gasteiger partial charge in [0.25, 0.3) is 5.91 Å². The lowest BCUT2D eigenvalue weighted by atomic mass is 10.2. The number of carbonyl (C=O) groups is 2. The predicted octanol–water partition coefficient (Wildman–Crippen LogP) is 0.890. The minimum absolute atomic E-state index is 0.238. The van der Waals surface area contributed by atoms with Gasteiger partial charge >= 0.3 is 0 Å². The molecule has 0 aliphatic carbocycles. The van der Waals surface area contributed by atoms with Crippen molar-refractivity contribution in [1.29, 1.82) is 0 Å². The average Bonchev–Trinajstić information content (AvgIpc) is 2.42. The van der Waals surface area contributed by atoms with Gasteiger partial charge in [-0.25, -0.2) is 0 Å². The van der Waals surface area contributed by atoms with Crippen LogP contribution in [-0.4, -0.2) is 48.9 Å². The summed E-state index contributed by atoms with van der Waals surface area (Å²) >= 11 is 5.76. The van der Waals surface area contributed by atoms with Gasteiger partial charge in [-0.3, -0.25) is 19.8 Å². The second kappa shape index (κ2) is 6.83. The number of piperazine rings is 1. The maximum absolute atomic E-state index is 11.9. The smallest absolute Gasteiger partial charge is 0.257 e. The molecule has 0 bridgehead atoms. The van der Waals surface area contributed by atoms with Crippen LogP contribution in [0.25, 0.3) is 0 Å². The zero-order valence-electron chi connectivity index (χ0n) is 11.4. The fourth-order valence-corrected chi connectivity index (χ4v) is 2.27. The van der Waals surface area contributed by atoms with Crippen molar-refractivity contribution >= 4 is 23.4 Å². The van der Waals surface area contributed by atoms with E-state index in [-0.39, 0.29) is 12.5 Å². The highest BCUT2D eigenvalue weighted by Gasteiger charge is 2.21. The highest BCUT2D eigenvalue weighted by atomic mass is 35.5. The van der Waals surface area contributed by atoms with Crippen LogP contribution in [0.1, 0.15) is 17.3 Å². The quantitative estimate of drug-likeness (QED) is 0.869. The SMILES string of the molecule is CC1CNCCN1CC(=O)NC(=O)c1ccc(Cl)cc1. The molecule has 2 rings (SSSR count). The number of nitrogens with zero attached hydrogens (tertiary/aromatic N) is 1. The Hall–Kier alpha value is -1.43. The van der Waals surface area contributed by atoms with Crippen LogP contribution in [-0.2, 0) is 4.79 Å². The van der Waals surface area contributed by atoms with E-state index in [1.165, 1.54) is 0 Å². The zero-order chi connectivity index (χ0) is 14.5. The molecule has 20 heavy (non-hydrogen) atoms. The molecule has 1 saturated heterocycles. The number of hydrogen-bond acceptors (Lipinski definition) is 4. The van der Waals surface area contributed by atoms with Crippen molar-refractivity contribution in [1.82, 2.24) is 15.5 Å². The molecule has 0 spiro atoms.